The van der Waals surface area contributed by atoms with Gasteiger partial charge in [0.2, 0.25) is 5.91 Å². The van der Waals surface area contributed by atoms with Crippen LogP contribution in [-0.2, 0) is 19.1 Å². The van der Waals surface area contributed by atoms with Crippen LogP contribution in [-0.4, -0.2) is 35.6 Å². The predicted octanol–water partition coefficient (Wildman–Crippen LogP) is 11.8. The molecule has 0 spiro atoms. The van der Waals surface area contributed by atoms with Crippen molar-refractivity contribution in [2.45, 2.75) is 219 Å². The van der Waals surface area contributed by atoms with E-state index in [4.69, 9.17) is 9.84 Å². The van der Waals surface area contributed by atoms with E-state index in [9.17, 15) is 14.4 Å². The number of ether oxygens (including phenoxy) is 1. The number of aliphatic carboxylic acids is 1. The number of hydrogen-bond donors (Lipinski definition) is 2. The highest BCUT2D eigenvalue weighted by Crippen LogP contribution is 2.17. The quantitative estimate of drug-likeness (QED) is 0.0400. The van der Waals surface area contributed by atoms with Crippen molar-refractivity contribution in [2.75, 3.05) is 6.54 Å². The molecule has 6 nitrogen and oxygen atoms in total. The normalized spacial score (nSPS) is 12.0. The van der Waals surface area contributed by atoms with Crippen molar-refractivity contribution in [1.82, 2.24) is 5.32 Å². The van der Waals surface area contributed by atoms with E-state index in [2.05, 4.69) is 25.2 Å². The van der Waals surface area contributed by atoms with Crippen molar-refractivity contribution < 1.29 is 24.2 Å². The maximum atomic E-state index is 12.5. The molecule has 0 fully saturated rings. The lowest BCUT2D eigenvalue weighted by molar-refractivity contribution is -0.147. The van der Waals surface area contributed by atoms with E-state index in [1.54, 1.807) is 0 Å². The van der Waals surface area contributed by atoms with Crippen LogP contribution in [0.4, 0.5) is 0 Å². The molecule has 0 radical (unpaired) electrons. The Hall–Kier alpha value is -1.85. The zero-order chi connectivity index (χ0) is 33.8. The lowest BCUT2D eigenvalue weighted by Gasteiger charge is -2.15. The summed E-state index contributed by atoms with van der Waals surface area (Å²) in [6.07, 6.45) is 41.2. The molecule has 0 aromatic rings. The molecule has 1 atom stereocenters. The molecule has 1 unspecified atom stereocenters. The van der Waals surface area contributed by atoms with Gasteiger partial charge in [-0.1, -0.05) is 174 Å². The number of esters is 1. The van der Waals surface area contributed by atoms with Gasteiger partial charge in [-0.3, -0.25) is 14.4 Å². The summed E-state index contributed by atoms with van der Waals surface area (Å²) >= 11 is 0. The van der Waals surface area contributed by atoms with Crippen LogP contribution in [0, 0.1) is 0 Å². The van der Waals surface area contributed by atoms with Crippen LogP contribution in [0.2, 0.25) is 0 Å². The van der Waals surface area contributed by atoms with E-state index in [1.807, 2.05) is 6.08 Å². The van der Waals surface area contributed by atoms with Crippen molar-refractivity contribution in [1.29, 1.82) is 0 Å². The number of unbranched alkanes of at least 4 members (excludes halogenated alkanes) is 25. The second-order valence-corrected chi connectivity index (χ2v) is 13.5. The number of rotatable bonds is 36. The van der Waals surface area contributed by atoms with Gasteiger partial charge in [0.15, 0.2) is 0 Å². The second-order valence-electron chi connectivity index (χ2n) is 13.5. The van der Waals surface area contributed by atoms with Gasteiger partial charge in [0, 0.05) is 12.8 Å². The van der Waals surface area contributed by atoms with Gasteiger partial charge in [-0.05, 0) is 38.2 Å². The highest BCUT2D eigenvalue weighted by Gasteiger charge is 2.12. The number of nitrogens with one attached hydrogen (secondary N) is 1. The van der Waals surface area contributed by atoms with Crippen molar-refractivity contribution in [3.8, 4) is 0 Å². The smallest absolute Gasteiger partial charge is 0.322 e. The Kier molecular flexibility index (Phi) is 34.5. The van der Waals surface area contributed by atoms with Crippen LogP contribution >= 0.6 is 0 Å². The molecule has 0 bridgehead atoms. The number of carbonyl (C=O) groups is 3. The highest BCUT2D eigenvalue weighted by molar-refractivity contribution is 5.80. The topological polar surface area (TPSA) is 92.7 Å². The number of carboxylic acid groups (broad SMARTS) is 1. The molecule has 0 saturated carbocycles. The Morgan fingerprint density at radius 2 is 0.978 bits per heavy atom. The lowest BCUT2D eigenvalue weighted by atomic mass is 10.0. The monoisotopic (exact) mass is 650 g/mol. The third-order valence-corrected chi connectivity index (χ3v) is 8.90. The van der Waals surface area contributed by atoms with E-state index in [0.29, 0.717) is 12.8 Å². The minimum Gasteiger partial charge on any atom is -0.480 e. The Morgan fingerprint density at radius 3 is 1.41 bits per heavy atom. The first kappa shape index (κ1) is 44.1. The Labute approximate surface area is 284 Å². The summed E-state index contributed by atoms with van der Waals surface area (Å²) in [6, 6.07) is 0. The Balaban J connectivity index is 3.64. The Bertz CT molecular complexity index is 722. The van der Waals surface area contributed by atoms with Gasteiger partial charge in [0.25, 0.3) is 0 Å². The van der Waals surface area contributed by atoms with E-state index < -0.39 is 5.97 Å². The molecule has 1 amide bonds. The van der Waals surface area contributed by atoms with Crippen LogP contribution in [0.3, 0.4) is 0 Å². The van der Waals surface area contributed by atoms with Gasteiger partial charge >= 0.3 is 11.9 Å². The number of carbonyl (C=O) groups excluding carboxylic acids is 2. The SMILES string of the molecule is CCC/C=C\C(CCCCCCC(=O)NCC(=O)O)OC(=O)CCCCCCCCCCCCCCCCCCCCCCCC. The van der Waals surface area contributed by atoms with E-state index >= 15 is 0 Å². The van der Waals surface area contributed by atoms with Crippen molar-refractivity contribution in [2.24, 2.45) is 0 Å². The van der Waals surface area contributed by atoms with Gasteiger partial charge in [-0.15, -0.1) is 0 Å². The summed E-state index contributed by atoms with van der Waals surface area (Å²) in [5.41, 5.74) is 0. The molecular weight excluding hydrogens is 574 g/mol. The summed E-state index contributed by atoms with van der Waals surface area (Å²) in [5.74, 6) is -1.33. The molecule has 46 heavy (non-hydrogen) atoms. The van der Waals surface area contributed by atoms with E-state index in [1.165, 1.54) is 128 Å². The average molecular weight is 650 g/mol. The molecular formula is C40H75NO5. The summed E-state index contributed by atoms with van der Waals surface area (Å²) in [6.45, 7) is 4.10. The maximum Gasteiger partial charge on any atom is 0.322 e. The highest BCUT2D eigenvalue weighted by atomic mass is 16.5. The fourth-order valence-electron chi connectivity index (χ4n) is 5.96. The minimum atomic E-state index is -1.03. The first-order valence-electron chi connectivity index (χ1n) is 19.8. The molecule has 270 valence electrons. The predicted molar refractivity (Wildman–Crippen MR) is 194 cm³/mol. The molecule has 0 aromatic heterocycles. The maximum absolute atomic E-state index is 12.5. The average Bonchev–Trinajstić information content (AvgIpc) is 3.04. The van der Waals surface area contributed by atoms with E-state index in [0.717, 1.165) is 57.8 Å². The van der Waals surface area contributed by atoms with Crippen molar-refractivity contribution >= 4 is 17.8 Å². The van der Waals surface area contributed by atoms with Gasteiger partial charge < -0.3 is 15.2 Å². The summed E-state index contributed by atoms with van der Waals surface area (Å²) in [7, 11) is 0. The second kappa shape index (κ2) is 36.0. The fourth-order valence-corrected chi connectivity index (χ4v) is 5.96. The molecule has 0 aliphatic rings. The van der Waals surface area contributed by atoms with Crippen molar-refractivity contribution in [3.63, 3.8) is 0 Å². The Morgan fingerprint density at radius 1 is 0.565 bits per heavy atom. The summed E-state index contributed by atoms with van der Waals surface area (Å²) < 4.78 is 5.80. The van der Waals surface area contributed by atoms with Gasteiger partial charge in [0.05, 0.1) is 0 Å². The summed E-state index contributed by atoms with van der Waals surface area (Å²) in [4.78, 5) is 34.6. The molecule has 0 aliphatic carbocycles. The first-order chi connectivity index (χ1) is 22.5. The van der Waals surface area contributed by atoms with Crippen LogP contribution < -0.4 is 5.32 Å². The number of hydrogen-bond acceptors (Lipinski definition) is 4. The third kappa shape index (κ3) is 35.0. The zero-order valence-electron chi connectivity index (χ0n) is 30.4. The number of allylic oxidation sites excluding steroid dienone is 1. The van der Waals surface area contributed by atoms with E-state index in [-0.39, 0.29) is 24.5 Å². The molecule has 0 aromatic carbocycles. The largest absolute Gasteiger partial charge is 0.480 e. The van der Waals surface area contributed by atoms with Crippen LogP contribution in [0.5, 0.6) is 0 Å². The minimum absolute atomic E-state index is 0.0885. The first-order valence-corrected chi connectivity index (χ1v) is 19.8. The summed E-state index contributed by atoms with van der Waals surface area (Å²) in [5, 5.41) is 11.0. The van der Waals surface area contributed by atoms with Gasteiger partial charge in [-0.2, -0.15) is 0 Å². The molecule has 0 saturated heterocycles. The number of carboxylic acids is 1. The molecule has 6 heteroatoms. The molecule has 0 heterocycles. The third-order valence-electron chi connectivity index (χ3n) is 8.90. The van der Waals surface area contributed by atoms with Crippen LogP contribution in [0.15, 0.2) is 12.2 Å². The molecule has 0 rings (SSSR count). The molecule has 2 N–H and O–H groups in total. The van der Waals surface area contributed by atoms with Gasteiger partial charge in [0.1, 0.15) is 12.6 Å². The molecule has 0 aliphatic heterocycles. The fraction of sp³-hybridized carbons (Fsp3) is 0.875. The lowest BCUT2D eigenvalue weighted by Crippen LogP contribution is -2.28. The van der Waals surface area contributed by atoms with Crippen LogP contribution in [0.25, 0.3) is 0 Å². The number of amides is 1. The zero-order valence-corrected chi connectivity index (χ0v) is 30.4. The van der Waals surface area contributed by atoms with Crippen LogP contribution in [0.1, 0.15) is 213 Å². The van der Waals surface area contributed by atoms with Crippen molar-refractivity contribution in [3.05, 3.63) is 12.2 Å². The standard InChI is InChI=1S/C40H75NO5/c1-3-5-7-8-9-10-11-12-13-14-15-16-17-18-19-20-21-22-23-24-25-31-35-40(45)46-37(32-28-6-4-2)33-29-26-27-30-34-38(42)41-36-39(43)44/h28,32,37H,3-27,29-31,33-36H2,1-2H3,(H,41,42)(H,43,44)/b32-28-. The van der Waals surface area contributed by atoms with Gasteiger partial charge in [-0.25, -0.2) is 0 Å².